The molecule has 3 aromatic heterocycles. The van der Waals surface area contributed by atoms with Crippen LogP contribution in [0.3, 0.4) is 0 Å². The average molecular weight is 511 g/mol. The summed E-state index contributed by atoms with van der Waals surface area (Å²) in [6, 6.07) is 19.6. The Morgan fingerprint density at radius 1 is 1.05 bits per heavy atom. The molecule has 0 bridgehead atoms. The molecule has 0 spiro atoms. The predicted octanol–water partition coefficient (Wildman–Crippen LogP) is 4.86. The number of hydrogen-bond acceptors (Lipinski definition) is 6. The van der Waals surface area contributed by atoms with E-state index in [2.05, 4.69) is 15.6 Å². The number of anilines is 2. The maximum atomic E-state index is 13.1. The van der Waals surface area contributed by atoms with Crippen LogP contribution in [0.1, 0.15) is 36.2 Å². The number of aliphatic hydroxyl groups is 1. The Kier molecular flexibility index (Phi) is 6.21. The third-order valence-electron chi connectivity index (χ3n) is 7.34. The van der Waals surface area contributed by atoms with Gasteiger partial charge in [-0.2, -0.15) is 0 Å². The fraction of sp³-hybridized carbons (Fsp3) is 0.276. The number of nitrogens with zero attached hydrogens (tertiary/aromatic N) is 4. The number of ether oxygens (including phenoxy) is 1. The second-order valence-electron chi connectivity index (χ2n) is 9.80. The summed E-state index contributed by atoms with van der Waals surface area (Å²) in [4.78, 5) is 17.7. The second-order valence-corrected chi connectivity index (χ2v) is 9.80. The van der Waals surface area contributed by atoms with Crippen LogP contribution in [0, 0.1) is 0 Å². The number of carbonyl (C=O) groups is 1. The van der Waals surface area contributed by atoms with Gasteiger partial charge in [-0.1, -0.05) is 24.3 Å². The molecule has 3 N–H and O–H groups in total. The largest absolute Gasteiger partial charge is 0.495 e. The molecule has 0 saturated heterocycles. The normalized spacial score (nSPS) is 17.6. The Bertz CT molecular complexity index is 1630. The Morgan fingerprint density at radius 3 is 2.66 bits per heavy atom. The van der Waals surface area contributed by atoms with E-state index >= 15 is 0 Å². The van der Waals surface area contributed by atoms with Gasteiger partial charge in [0.2, 0.25) is 0 Å². The van der Waals surface area contributed by atoms with Crippen molar-refractivity contribution < 1.29 is 14.6 Å². The molecule has 194 valence electrons. The topological polar surface area (TPSA) is 106 Å². The van der Waals surface area contributed by atoms with Crippen molar-refractivity contribution in [2.24, 2.45) is 7.05 Å². The van der Waals surface area contributed by atoms with Crippen molar-refractivity contribution in [2.45, 2.75) is 37.8 Å². The van der Waals surface area contributed by atoms with Gasteiger partial charge in [0.05, 0.1) is 30.8 Å². The van der Waals surface area contributed by atoms with Gasteiger partial charge in [0.25, 0.3) is 5.91 Å². The van der Waals surface area contributed by atoms with Crippen LogP contribution in [0.2, 0.25) is 0 Å². The summed E-state index contributed by atoms with van der Waals surface area (Å²) >= 11 is 0. The first-order chi connectivity index (χ1) is 18.5. The number of benzene rings is 2. The number of aromatic nitrogens is 4. The molecule has 1 amide bonds. The summed E-state index contributed by atoms with van der Waals surface area (Å²) in [6.45, 7) is 0. The number of aryl methyl sites for hydroxylation is 1. The second kappa shape index (κ2) is 9.83. The predicted molar refractivity (Wildman–Crippen MR) is 148 cm³/mol. The van der Waals surface area contributed by atoms with Gasteiger partial charge >= 0.3 is 0 Å². The van der Waals surface area contributed by atoms with Crippen LogP contribution in [-0.2, 0) is 7.05 Å². The molecule has 6 rings (SSSR count). The lowest BCUT2D eigenvalue weighted by atomic mass is 9.93. The van der Waals surface area contributed by atoms with E-state index in [0.29, 0.717) is 23.2 Å². The highest BCUT2D eigenvalue weighted by atomic mass is 16.5. The maximum Gasteiger partial charge on any atom is 0.272 e. The maximum absolute atomic E-state index is 13.1. The van der Waals surface area contributed by atoms with Gasteiger partial charge in [-0.05, 0) is 62.1 Å². The van der Waals surface area contributed by atoms with Crippen molar-refractivity contribution in [3.05, 3.63) is 72.6 Å². The van der Waals surface area contributed by atoms with Gasteiger partial charge < -0.3 is 25.0 Å². The molecular weight excluding hydrogens is 480 g/mol. The van der Waals surface area contributed by atoms with Crippen LogP contribution in [-0.4, -0.2) is 49.4 Å². The lowest BCUT2D eigenvalue weighted by molar-refractivity contribution is 0.101. The SMILES string of the molecule is COc1cc(-c2cnc3ccc(NC4CCC(O)CC4)nn23)ccc1NC(=O)c1cc2ccccc2n1C. The van der Waals surface area contributed by atoms with E-state index in [1.54, 1.807) is 13.3 Å². The summed E-state index contributed by atoms with van der Waals surface area (Å²) in [5.74, 6) is 1.10. The number of fused-ring (bicyclic) bond motifs is 2. The molecule has 5 aromatic rings. The summed E-state index contributed by atoms with van der Waals surface area (Å²) in [6.07, 6.45) is 5.03. The molecule has 3 heterocycles. The first-order valence-electron chi connectivity index (χ1n) is 12.8. The van der Waals surface area contributed by atoms with Crippen molar-refractivity contribution >= 4 is 34.0 Å². The van der Waals surface area contributed by atoms with Gasteiger partial charge in [0.15, 0.2) is 5.65 Å². The number of aliphatic hydroxyl groups excluding tert-OH is 1. The van der Waals surface area contributed by atoms with Crippen LogP contribution in [0.5, 0.6) is 5.75 Å². The Hall–Kier alpha value is -4.37. The average Bonchev–Trinajstić information content (AvgIpc) is 3.51. The highest BCUT2D eigenvalue weighted by Crippen LogP contribution is 2.32. The molecule has 38 heavy (non-hydrogen) atoms. The molecule has 0 atom stereocenters. The van der Waals surface area contributed by atoms with Crippen LogP contribution < -0.4 is 15.4 Å². The number of imidazole rings is 1. The van der Waals surface area contributed by atoms with Crippen molar-refractivity contribution in [1.29, 1.82) is 0 Å². The zero-order valence-corrected chi connectivity index (χ0v) is 21.4. The third kappa shape index (κ3) is 4.45. The molecule has 0 aliphatic heterocycles. The monoisotopic (exact) mass is 510 g/mol. The number of nitrogens with one attached hydrogen (secondary N) is 2. The minimum atomic E-state index is -0.211. The van der Waals surface area contributed by atoms with Crippen LogP contribution in [0.25, 0.3) is 27.8 Å². The third-order valence-corrected chi connectivity index (χ3v) is 7.34. The first kappa shape index (κ1) is 24.0. The molecule has 2 aromatic carbocycles. The molecule has 1 fully saturated rings. The number of hydrogen-bond donors (Lipinski definition) is 3. The van der Waals surface area contributed by atoms with Gasteiger partial charge in [-0.15, -0.1) is 5.10 Å². The quantitative estimate of drug-likeness (QED) is 0.301. The van der Waals surface area contributed by atoms with E-state index in [4.69, 9.17) is 9.84 Å². The van der Waals surface area contributed by atoms with E-state index < -0.39 is 0 Å². The lowest BCUT2D eigenvalue weighted by Crippen LogP contribution is -2.28. The minimum Gasteiger partial charge on any atom is -0.495 e. The zero-order valence-electron chi connectivity index (χ0n) is 21.4. The minimum absolute atomic E-state index is 0.196. The van der Waals surface area contributed by atoms with E-state index in [-0.39, 0.29) is 12.0 Å². The fourth-order valence-corrected chi connectivity index (χ4v) is 5.22. The smallest absolute Gasteiger partial charge is 0.272 e. The molecule has 0 radical (unpaired) electrons. The van der Waals surface area contributed by atoms with E-state index in [1.165, 1.54) is 0 Å². The zero-order chi connectivity index (χ0) is 26.2. The van der Waals surface area contributed by atoms with Gasteiger partial charge in [0, 0.05) is 29.6 Å². The number of methoxy groups -OCH3 is 1. The summed E-state index contributed by atoms with van der Waals surface area (Å²) in [7, 11) is 3.47. The van der Waals surface area contributed by atoms with Crippen molar-refractivity contribution in [3.63, 3.8) is 0 Å². The molecule has 1 aliphatic carbocycles. The van der Waals surface area contributed by atoms with Crippen LogP contribution >= 0.6 is 0 Å². The van der Waals surface area contributed by atoms with Crippen LogP contribution in [0.15, 0.2) is 66.9 Å². The molecular formula is C29H30N6O3. The van der Waals surface area contributed by atoms with E-state index in [9.17, 15) is 9.90 Å². The van der Waals surface area contributed by atoms with Crippen molar-refractivity contribution in [3.8, 4) is 17.0 Å². The van der Waals surface area contributed by atoms with Crippen LogP contribution in [0.4, 0.5) is 11.5 Å². The highest BCUT2D eigenvalue weighted by molar-refractivity contribution is 6.07. The molecule has 1 saturated carbocycles. The number of carbonyl (C=O) groups excluding carboxylic acids is 1. The molecule has 1 aliphatic rings. The number of rotatable bonds is 6. The van der Waals surface area contributed by atoms with Gasteiger partial charge in [-0.3, -0.25) is 4.79 Å². The number of amides is 1. The molecule has 9 nitrogen and oxygen atoms in total. The summed E-state index contributed by atoms with van der Waals surface area (Å²) < 4.78 is 9.34. The summed E-state index contributed by atoms with van der Waals surface area (Å²) in [5.41, 5.74) is 4.55. The van der Waals surface area contributed by atoms with Crippen molar-refractivity contribution in [2.75, 3.05) is 17.7 Å². The molecule has 0 unspecified atom stereocenters. The van der Waals surface area contributed by atoms with Crippen molar-refractivity contribution in [1.82, 2.24) is 19.2 Å². The van der Waals surface area contributed by atoms with E-state index in [1.807, 2.05) is 76.8 Å². The Labute approximate surface area is 220 Å². The highest BCUT2D eigenvalue weighted by Gasteiger charge is 2.20. The lowest BCUT2D eigenvalue weighted by Gasteiger charge is -2.26. The van der Waals surface area contributed by atoms with E-state index in [0.717, 1.165) is 59.3 Å². The van der Waals surface area contributed by atoms with Gasteiger partial charge in [0.1, 0.15) is 17.3 Å². The Morgan fingerprint density at radius 2 is 1.87 bits per heavy atom. The standard InChI is InChI=1S/C29H30N6O3/c1-34-23-6-4-3-5-18(23)15-24(34)29(37)32-22-12-7-19(16-26(22)38-2)25-17-30-28-14-13-27(33-35(25)28)31-20-8-10-21(36)11-9-20/h3-7,12-17,20-21,36H,8-11H2,1-2H3,(H,31,33)(H,32,37). The fourth-order valence-electron chi connectivity index (χ4n) is 5.22. The van der Waals surface area contributed by atoms with Gasteiger partial charge in [-0.25, -0.2) is 9.50 Å². The Balaban J connectivity index is 1.26. The number of para-hydroxylation sites is 1. The molecule has 9 heteroatoms. The first-order valence-corrected chi connectivity index (χ1v) is 12.8. The summed E-state index contributed by atoms with van der Waals surface area (Å²) in [5, 5.41) is 22.1.